The summed E-state index contributed by atoms with van der Waals surface area (Å²) in [5, 5.41) is 6.45. The van der Waals surface area contributed by atoms with Crippen LogP contribution in [0.25, 0.3) is 0 Å². The normalized spacial score (nSPS) is 10.2. The number of hydrogen-bond acceptors (Lipinski definition) is 3. The largest absolute Gasteiger partial charge is 0.483 e. The lowest BCUT2D eigenvalue weighted by molar-refractivity contribution is -0.123. The van der Waals surface area contributed by atoms with Gasteiger partial charge in [0.05, 0.1) is 0 Å². The van der Waals surface area contributed by atoms with Crippen LogP contribution in [-0.2, 0) is 11.3 Å². The highest BCUT2D eigenvalue weighted by Gasteiger charge is 2.06. The zero-order chi connectivity index (χ0) is 13.4. The highest BCUT2D eigenvalue weighted by Crippen LogP contribution is 2.22. The van der Waals surface area contributed by atoms with Crippen molar-refractivity contribution in [3.63, 3.8) is 0 Å². The second kappa shape index (κ2) is 7.95. The summed E-state index contributed by atoms with van der Waals surface area (Å²) in [6.45, 7) is 3.35. The summed E-state index contributed by atoms with van der Waals surface area (Å²) in [6, 6.07) is 5.36. The molecule has 1 amide bonds. The van der Waals surface area contributed by atoms with Gasteiger partial charge in [-0.05, 0) is 31.7 Å². The van der Waals surface area contributed by atoms with Gasteiger partial charge in [0.2, 0.25) is 0 Å². The molecule has 0 heterocycles. The van der Waals surface area contributed by atoms with E-state index in [-0.39, 0.29) is 12.5 Å². The SMILES string of the molecule is CCCNC(=O)COc1ccc(Cl)cc1CNC. The van der Waals surface area contributed by atoms with Crippen molar-refractivity contribution in [2.45, 2.75) is 19.9 Å². The Morgan fingerprint density at radius 1 is 1.44 bits per heavy atom. The Morgan fingerprint density at radius 3 is 2.89 bits per heavy atom. The molecule has 0 aliphatic heterocycles. The van der Waals surface area contributed by atoms with Crippen molar-refractivity contribution >= 4 is 17.5 Å². The predicted molar refractivity (Wildman–Crippen MR) is 73.0 cm³/mol. The lowest BCUT2D eigenvalue weighted by Crippen LogP contribution is -2.29. The second-order valence-electron chi connectivity index (χ2n) is 3.92. The van der Waals surface area contributed by atoms with E-state index in [9.17, 15) is 4.79 Å². The topological polar surface area (TPSA) is 50.4 Å². The van der Waals surface area contributed by atoms with Crippen molar-refractivity contribution in [2.24, 2.45) is 0 Å². The fraction of sp³-hybridized carbons (Fsp3) is 0.462. The molecular weight excluding hydrogens is 252 g/mol. The Labute approximate surface area is 113 Å². The Balaban J connectivity index is 2.58. The Morgan fingerprint density at radius 2 is 2.22 bits per heavy atom. The van der Waals surface area contributed by atoms with Gasteiger partial charge in [0.1, 0.15) is 5.75 Å². The van der Waals surface area contributed by atoms with Crippen LogP contribution >= 0.6 is 11.6 Å². The van der Waals surface area contributed by atoms with Gasteiger partial charge >= 0.3 is 0 Å². The minimum atomic E-state index is -0.109. The van der Waals surface area contributed by atoms with Gasteiger partial charge in [-0.15, -0.1) is 0 Å². The molecule has 4 nitrogen and oxygen atoms in total. The maximum absolute atomic E-state index is 11.4. The first kappa shape index (κ1) is 14.8. The zero-order valence-corrected chi connectivity index (χ0v) is 11.5. The molecule has 1 aromatic carbocycles. The molecule has 5 heteroatoms. The highest BCUT2D eigenvalue weighted by molar-refractivity contribution is 6.30. The second-order valence-corrected chi connectivity index (χ2v) is 4.36. The molecule has 0 saturated carbocycles. The zero-order valence-electron chi connectivity index (χ0n) is 10.8. The molecule has 1 rings (SSSR count). The van der Waals surface area contributed by atoms with Crippen molar-refractivity contribution in [3.05, 3.63) is 28.8 Å². The van der Waals surface area contributed by atoms with Gasteiger partial charge in [-0.25, -0.2) is 0 Å². The molecule has 0 aromatic heterocycles. The van der Waals surface area contributed by atoms with E-state index in [0.717, 1.165) is 12.0 Å². The molecule has 0 atom stereocenters. The van der Waals surface area contributed by atoms with E-state index < -0.39 is 0 Å². The van der Waals surface area contributed by atoms with Gasteiger partial charge < -0.3 is 15.4 Å². The maximum Gasteiger partial charge on any atom is 0.257 e. The lowest BCUT2D eigenvalue weighted by Gasteiger charge is -2.11. The van der Waals surface area contributed by atoms with E-state index >= 15 is 0 Å². The smallest absolute Gasteiger partial charge is 0.257 e. The van der Waals surface area contributed by atoms with E-state index in [4.69, 9.17) is 16.3 Å². The Kier molecular flexibility index (Phi) is 6.54. The molecular formula is C13H19ClN2O2. The average molecular weight is 271 g/mol. The molecule has 0 unspecified atom stereocenters. The third kappa shape index (κ3) is 4.94. The van der Waals surface area contributed by atoms with Crippen LogP contribution < -0.4 is 15.4 Å². The Bertz CT molecular complexity index is 397. The monoisotopic (exact) mass is 270 g/mol. The molecule has 2 N–H and O–H groups in total. The summed E-state index contributed by atoms with van der Waals surface area (Å²) in [6.07, 6.45) is 0.914. The van der Waals surface area contributed by atoms with Crippen molar-refractivity contribution in [2.75, 3.05) is 20.2 Å². The molecule has 18 heavy (non-hydrogen) atoms. The van der Waals surface area contributed by atoms with Gasteiger partial charge in [0.15, 0.2) is 6.61 Å². The summed E-state index contributed by atoms with van der Waals surface area (Å²) in [5.74, 6) is 0.572. The highest BCUT2D eigenvalue weighted by atomic mass is 35.5. The molecule has 100 valence electrons. The number of benzene rings is 1. The van der Waals surface area contributed by atoms with Crippen LogP contribution in [0.15, 0.2) is 18.2 Å². The molecule has 0 aliphatic rings. The van der Waals surface area contributed by atoms with Crippen LogP contribution in [-0.4, -0.2) is 26.1 Å². The summed E-state index contributed by atoms with van der Waals surface area (Å²) in [4.78, 5) is 11.4. The van der Waals surface area contributed by atoms with Crippen LogP contribution in [0.2, 0.25) is 5.02 Å². The molecule has 1 aromatic rings. The average Bonchev–Trinajstić information content (AvgIpc) is 2.36. The van der Waals surface area contributed by atoms with Gasteiger partial charge in [0, 0.05) is 23.7 Å². The van der Waals surface area contributed by atoms with E-state index in [0.29, 0.717) is 23.9 Å². The van der Waals surface area contributed by atoms with Gasteiger partial charge in [-0.2, -0.15) is 0 Å². The molecule has 0 spiro atoms. The summed E-state index contributed by atoms with van der Waals surface area (Å²) < 4.78 is 5.49. The maximum atomic E-state index is 11.4. The molecule has 0 aliphatic carbocycles. The van der Waals surface area contributed by atoms with Crippen LogP contribution in [0.4, 0.5) is 0 Å². The summed E-state index contributed by atoms with van der Waals surface area (Å²) >= 11 is 5.92. The minimum Gasteiger partial charge on any atom is -0.483 e. The van der Waals surface area contributed by atoms with Crippen LogP contribution in [0.1, 0.15) is 18.9 Å². The van der Waals surface area contributed by atoms with Crippen molar-refractivity contribution in [3.8, 4) is 5.75 Å². The van der Waals surface area contributed by atoms with Crippen molar-refractivity contribution in [1.29, 1.82) is 0 Å². The number of halogens is 1. The third-order valence-corrected chi connectivity index (χ3v) is 2.56. The molecule has 0 bridgehead atoms. The molecule has 0 fully saturated rings. The van der Waals surface area contributed by atoms with Gasteiger partial charge in [-0.3, -0.25) is 4.79 Å². The number of hydrogen-bond donors (Lipinski definition) is 2. The van der Waals surface area contributed by atoms with E-state index in [1.54, 1.807) is 12.1 Å². The Hall–Kier alpha value is -1.26. The number of carbonyl (C=O) groups is 1. The summed E-state index contributed by atoms with van der Waals surface area (Å²) in [5.41, 5.74) is 0.938. The number of rotatable bonds is 7. The first-order chi connectivity index (χ1) is 8.67. The van der Waals surface area contributed by atoms with Crippen LogP contribution in [0.3, 0.4) is 0 Å². The lowest BCUT2D eigenvalue weighted by atomic mass is 10.2. The van der Waals surface area contributed by atoms with E-state index in [2.05, 4.69) is 10.6 Å². The number of carbonyl (C=O) groups excluding carboxylic acids is 1. The first-order valence-corrected chi connectivity index (χ1v) is 6.37. The number of nitrogens with one attached hydrogen (secondary N) is 2. The molecule has 0 radical (unpaired) electrons. The molecule has 0 saturated heterocycles. The standard InChI is InChI=1S/C13H19ClN2O2/c1-3-6-16-13(17)9-18-12-5-4-11(14)7-10(12)8-15-2/h4-5,7,15H,3,6,8-9H2,1-2H3,(H,16,17). The fourth-order valence-electron chi connectivity index (χ4n) is 1.48. The number of ether oxygens (including phenoxy) is 1. The quantitative estimate of drug-likeness (QED) is 0.796. The first-order valence-electron chi connectivity index (χ1n) is 6.00. The fourth-order valence-corrected chi connectivity index (χ4v) is 1.67. The van der Waals surface area contributed by atoms with Crippen LogP contribution in [0, 0.1) is 0 Å². The predicted octanol–water partition coefficient (Wildman–Crippen LogP) is 1.96. The van der Waals surface area contributed by atoms with E-state index in [1.807, 2.05) is 20.0 Å². The van der Waals surface area contributed by atoms with Gasteiger partial charge in [-0.1, -0.05) is 18.5 Å². The minimum absolute atomic E-state index is 0.0261. The van der Waals surface area contributed by atoms with E-state index in [1.165, 1.54) is 0 Å². The van der Waals surface area contributed by atoms with Crippen molar-refractivity contribution < 1.29 is 9.53 Å². The van der Waals surface area contributed by atoms with Gasteiger partial charge in [0.25, 0.3) is 5.91 Å². The number of amides is 1. The van der Waals surface area contributed by atoms with Crippen LogP contribution in [0.5, 0.6) is 5.75 Å². The summed E-state index contributed by atoms with van der Waals surface area (Å²) in [7, 11) is 1.85. The van der Waals surface area contributed by atoms with Crippen molar-refractivity contribution in [1.82, 2.24) is 10.6 Å². The third-order valence-electron chi connectivity index (χ3n) is 2.32.